The lowest BCUT2D eigenvalue weighted by Gasteiger charge is -2.27. The summed E-state index contributed by atoms with van der Waals surface area (Å²) in [6.45, 7) is 5.46. The van der Waals surface area contributed by atoms with Crippen LogP contribution in [0.2, 0.25) is 0 Å². The fraction of sp³-hybridized carbons (Fsp3) is 0.400. The number of hydrogen-bond donors (Lipinski definition) is 0. The van der Waals surface area contributed by atoms with Gasteiger partial charge in [-0.3, -0.25) is 4.90 Å². The SMILES string of the molecule is CC(C)(C)OC(=O)N1CC=CSc2cc(C(F)(F)F)ccc21. The van der Waals surface area contributed by atoms with Crippen molar-refractivity contribution in [2.24, 2.45) is 0 Å². The third-order valence-electron chi connectivity index (χ3n) is 2.77. The van der Waals surface area contributed by atoms with E-state index in [-0.39, 0.29) is 6.54 Å². The van der Waals surface area contributed by atoms with Crippen molar-refractivity contribution in [1.82, 2.24) is 0 Å². The summed E-state index contributed by atoms with van der Waals surface area (Å²) < 4.78 is 43.7. The van der Waals surface area contributed by atoms with Gasteiger partial charge >= 0.3 is 12.3 Å². The number of thioether (sulfide) groups is 1. The first kappa shape index (κ1) is 16.7. The van der Waals surface area contributed by atoms with Crippen molar-refractivity contribution >= 4 is 23.5 Å². The van der Waals surface area contributed by atoms with Gasteiger partial charge in [-0.2, -0.15) is 13.2 Å². The van der Waals surface area contributed by atoms with Crippen molar-refractivity contribution in [2.75, 3.05) is 11.4 Å². The topological polar surface area (TPSA) is 29.5 Å². The van der Waals surface area contributed by atoms with Gasteiger partial charge in [-0.1, -0.05) is 17.8 Å². The molecule has 1 aliphatic rings. The predicted molar refractivity (Wildman–Crippen MR) is 80.0 cm³/mol. The molecule has 0 N–H and O–H groups in total. The second kappa shape index (κ2) is 5.87. The molecule has 1 aromatic rings. The number of carbonyl (C=O) groups is 1. The Kier molecular flexibility index (Phi) is 4.47. The minimum atomic E-state index is -4.41. The van der Waals surface area contributed by atoms with Gasteiger partial charge < -0.3 is 4.74 Å². The molecule has 1 aromatic carbocycles. The van der Waals surface area contributed by atoms with E-state index in [1.165, 1.54) is 11.0 Å². The molecule has 0 bridgehead atoms. The van der Waals surface area contributed by atoms with E-state index in [0.29, 0.717) is 10.6 Å². The maximum absolute atomic E-state index is 12.8. The van der Waals surface area contributed by atoms with Crippen molar-refractivity contribution in [1.29, 1.82) is 0 Å². The Labute approximate surface area is 131 Å². The van der Waals surface area contributed by atoms with Crippen molar-refractivity contribution in [3.63, 3.8) is 0 Å². The van der Waals surface area contributed by atoms with Crippen LogP contribution in [0.1, 0.15) is 26.3 Å². The largest absolute Gasteiger partial charge is 0.443 e. The summed E-state index contributed by atoms with van der Waals surface area (Å²) in [4.78, 5) is 13.9. The predicted octanol–water partition coefficient (Wildman–Crippen LogP) is 5.07. The number of fused-ring (bicyclic) bond motifs is 1. The number of hydrogen-bond acceptors (Lipinski definition) is 3. The number of halogens is 3. The number of carbonyl (C=O) groups excluding carboxylic acids is 1. The number of anilines is 1. The van der Waals surface area contributed by atoms with Gasteiger partial charge in [-0.15, -0.1) is 0 Å². The summed E-state index contributed by atoms with van der Waals surface area (Å²) in [5, 5.41) is 1.67. The second-order valence-corrected chi connectivity index (χ2v) is 6.71. The molecule has 7 heteroatoms. The van der Waals surface area contributed by atoms with Crippen molar-refractivity contribution in [2.45, 2.75) is 37.4 Å². The number of ether oxygens (including phenoxy) is 1. The van der Waals surface area contributed by atoms with Crippen LogP contribution in [0.3, 0.4) is 0 Å². The van der Waals surface area contributed by atoms with Gasteiger partial charge in [-0.25, -0.2) is 4.79 Å². The molecule has 0 spiro atoms. The monoisotopic (exact) mass is 331 g/mol. The molecule has 0 radical (unpaired) electrons. The highest BCUT2D eigenvalue weighted by Crippen LogP contribution is 2.39. The van der Waals surface area contributed by atoms with E-state index in [9.17, 15) is 18.0 Å². The molecule has 0 aliphatic carbocycles. The number of rotatable bonds is 0. The molecule has 0 saturated carbocycles. The zero-order valence-electron chi connectivity index (χ0n) is 12.4. The fourth-order valence-electron chi connectivity index (χ4n) is 1.87. The Balaban J connectivity index is 2.38. The zero-order chi connectivity index (χ0) is 16.5. The Morgan fingerprint density at radius 1 is 1.27 bits per heavy atom. The van der Waals surface area contributed by atoms with E-state index in [1.54, 1.807) is 32.3 Å². The van der Waals surface area contributed by atoms with E-state index < -0.39 is 23.4 Å². The van der Waals surface area contributed by atoms with Crippen LogP contribution in [0.5, 0.6) is 0 Å². The highest BCUT2D eigenvalue weighted by Gasteiger charge is 2.32. The van der Waals surface area contributed by atoms with E-state index in [0.717, 1.165) is 23.9 Å². The fourth-order valence-corrected chi connectivity index (χ4v) is 2.69. The Bertz CT molecular complexity index is 606. The lowest BCUT2D eigenvalue weighted by atomic mass is 10.2. The van der Waals surface area contributed by atoms with Crippen LogP contribution in [-0.2, 0) is 10.9 Å². The molecule has 0 fully saturated rings. The van der Waals surface area contributed by atoms with E-state index in [4.69, 9.17) is 4.74 Å². The van der Waals surface area contributed by atoms with Crippen LogP contribution in [0.25, 0.3) is 0 Å². The Hall–Kier alpha value is -1.63. The molecule has 0 aromatic heterocycles. The van der Waals surface area contributed by atoms with Gasteiger partial charge in [0.05, 0.1) is 11.3 Å². The van der Waals surface area contributed by atoms with Crippen LogP contribution >= 0.6 is 11.8 Å². The third-order valence-corrected chi connectivity index (χ3v) is 3.68. The smallest absolute Gasteiger partial charge is 0.416 e. The second-order valence-electron chi connectivity index (χ2n) is 5.76. The molecular formula is C15H16F3NO2S. The first-order valence-corrected chi connectivity index (χ1v) is 7.49. The van der Waals surface area contributed by atoms with E-state index in [2.05, 4.69) is 0 Å². The molecule has 1 heterocycles. The molecule has 1 amide bonds. The molecule has 0 atom stereocenters. The molecule has 0 unspecified atom stereocenters. The average Bonchev–Trinajstić information content (AvgIpc) is 2.56. The number of amides is 1. The summed E-state index contributed by atoms with van der Waals surface area (Å²) in [7, 11) is 0. The van der Waals surface area contributed by atoms with Crippen LogP contribution in [-0.4, -0.2) is 18.2 Å². The first-order valence-electron chi connectivity index (χ1n) is 6.61. The normalized spacial score (nSPS) is 15.3. The summed E-state index contributed by atoms with van der Waals surface area (Å²) in [6.07, 6.45) is -3.29. The summed E-state index contributed by atoms with van der Waals surface area (Å²) in [5.41, 5.74) is -0.998. The van der Waals surface area contributed by atoms with Gasteiger partial charge in [0.15, 0.2) is 0 Å². The van der Waals surface area contributed by atoms with Crippen molar-refractivity contribution in [3.8, 4) is 0 Å². The van der Waals surface area contributed by atoms with E-state index >= 15 is 0 Å². The van der Waals surface area contributed by atoms with Gasteiger partial charge in [0.1, 0.15) is 5.60 Å². The van der Waals surface area contributed by atoms with E-state index in [1.807, 2.05) is 0 Å². The van der Waals surface area contributed by atoms with Crippen molar-refractivity contribution < 1.29 is 22.7 Å². The highest BCUT2D eigenvalue weighted by molar-refractivity contribution is 8.02. The minimum absolute atomic E-state index is 0.250. The van der Waals surface area contributed by atoms with Gasteiger partial charge in [0, 0.05) is 11.4 Å². The Morgan fingerprint density at radius 2 is 1.95 bits per heavy atom. The third kappa shape index (κ3) is 3.97. The van der Waals surface area contributed by atoms with Crippen LogP contribution < -0.4 is 4.90 Å². The molecule has 22 heavy (non-hydrogen) atoms. The molecule has 0 saturated heterocycles. The maximum Gasteiger partial charge on any atom is 0.416 e. The number of benzene rings is 1. The number of alkyl halides is 3. The average molecular weight is 331 g/mol. The van der Waals surface area contributed by atoms with Crippen LogP contribution in [0.15, 0.2) is 34.6 Å². The maximum atomic E-state index is 12.8. The summed E-state index contributed by atoms with van der Waals surface area (Å²) >= 11 is 1.15. The van der Waals surface area contributed by atoms with Gasteiger partial charge in [0.2, 0.25) is 0 Å². The minimum Gasteiger partial charge on any atom is -0.443 e. The van der Waals surface area contributed by atoms with Gasteiger partial charge in [0.25, 0.3) is 0 Å². The lowest BCUT2D eigenvalue weighted by molar-refractivity contribution is -0.137. The standard InChI is InChI=1S/C15H16F3NO2S/c1-14(2,3)21-13(20)19-7-4-8-22-12-9-10(15(16,17)18)5-6-11(12)19/h4-6,8-9H,7H2,1-3H3. The molecule has 1 aliphatic heterocycles. The van der Waals surface area contributed by atoms with Gasteiger partial charge in [-0.05, 0) is 44.4 Å². The number of nitrogens with zero attached hydrogens (tertiary/aromatic N) is 1. The molecule has 120 valence electrons. The zero-order valence-corrected chi connectivity index (χ0v) is 13.2. The van der Waals surface area contributed by atoms with Crippen LogP contribution in [0, 0.1) is 0 Å². The van der Waals surface area contributed by atoms with Crippen LogP contribution in [0.4, 0.5) is 23.7 Å². The molecular weight excluding hydrogens is 315 g/mol. The molecule has 3 nitrogen and oxygen atoms in total. The molecule has 2 rings (SSSR count). The summed E-state index contributed by atoms with van der Waals surface area (Å²) in [6, 6.07) is 3.33. The van der Waals surface area contributed by atoms with Crippen molar-refractivity contribution in [3.05, 3.63) is 35.2 Å². The quantitative estimate of drug-likeness (QED) is 0.665. The summed E-state index contributed by atoms with van der Waals surface area (Å²) in [5.74, 6) is 0. The highest BCUT2D eigenvalue weighted by atomic mass is 32.2. The Morgan fingerprint density at radius 3 is 2.55 bits per heavy atom. The lowest BCUT2D eigenvalue weighted by Crippen LogP contribution is -2.37. The first-order chi connectivity index (χ1) is 10.1.